The summed E-state index contributed by atoms with van der Waals surface area (Å²) >= 11 is 0. The van der Waals surface area contributed by atoms with Gasteiger partial charge in [-0.2, -0.15) is 4.98 Å². The number of ether oxygens (including phenoxy) is 3. The minimum absolute atomic E-state index is 0.0389. The molecule has 0 aliphatic carbocycles. The molecule has 0 saturated carbocycles. The van der Waals surface area contributed by atoms with Gasteiger partial charge >= 0.3 is 6.09 Å². The van der Waals surface area contributed by atoms with Gasteiger partial charge in [0.1, 0.15) is 11.4 Å². The van der Waals surface area contributed by atoms with Crippen molar-refractivity contribution in [1.82, 2.24) is 20.5 Å². The number of nitrogens with two attached hydrogens (primary N) is 1. The van der Waals surface area contributed by atoms with Gasteiger partial charge in [-0.1, -0.05) is 6.07 Å². The first-order valence-electron chi connectivity index (χ1n) is 11.4. The lowest BCUT2D eigenvalue weighted by Gasteiger charge is -2.33. The second kappa shape index (κ2) is 11.2. The normalized spacial score (nSPS) is 18.0. The van der Waals surface area contributed by atoms with Crippen molar-refractivity contribution in [2.24, 2.45) is 5.73 Å². The summed E-state index contributed by atoms with van der Waals surface area (Å²) in [4.78, 5) is 28.6. The van der Waals surface area contributed by atoms with Gasteiger partial charge in [0, 0.05) is 18.7 Å². The highest BCUT2D eigenvalue weighted by Gasteiger charge is 2.29. The number of aromatic nitrogens is 3. The highest BCUT2D eigenvalue weighted by Crippen LogP contribution is 2.24. The van der Waals surface area contributed by atoms with Gasteiger partial charge in [0.2, 0.25) is 5.88 Å². The number of rotatable bonds is 8. The molecule has 3 rings (SSSR count). The number of carbonyl (C=O) groups excluding carboxylic acids is 2. The SMILES string of the molecule is CC(C)Oc1cccc(Nc2cc(N[C@@H]3CCOC[C@@H]3NC(=O)OC(C)(C)C)nnc2C(N)=O)n1. The molecule has 0 radical (unpaired) electrons. The maximum Gasteiger partial charge on any atom is 0.408 e. The van der Waals surface area contributed by atoms with E-state index in [2.05, 4.69) is 31.1 Å². The summed E-state index contributed by atoms with van der Waals surface area (Å²) in [5, 5.41) is 17.3. The zero-order valence-electron chi connectivity index (χ0n) is 20.6. The lowest BCUT2D eigenvalue weighted by molar-refractivity contribution is 0.0317. The van der Waals surface area contributed by atoms with E-state index >= 15 is 0 Å². The third-order valence-electron chi connectivity index (χ3n) is 4.76. The van der Waals surface area contributed by atoms with Crippen molar-refractivity contribution in [3.8, 4) is 5.88 Å². The molecule has 12 nitrogen and oxygen atoms in total. The summed E-state index contributed by atoms with van der Waals surface area (Å²) in [6.07, 6.45) is 0.0319. The predicted molar refractivity (Wildman–Crippen MR) is 130 cm³/mol. The molecular formula is C23H33N7O5. The van der Waals surface area contributed by atoms with E-state index in [1.54, 1.807) is 45.0 Å². The van der Waals surface area contributed by atoms with Crippen LogP contribution in [0, 0.1) is 0 Å². The summed E-state index contributed by atoms with van der Waals surface area (Å²) in [5.74, 6) is 0.524. The number of primary amides is 1. The van der Waals surface area contributed by atoms with Crippen LogP contribution in [0.15, 0.2) is 24.3 Å². The van der Waals surface area contributed by atoms with Crippen LogP contribution >= 0.6 is 0 Å². The Morgan fingerprint density at radius 2 is 1.94 bits per heavy atom. The lowest BCUT2D eigenvalue weighted by atomic mass is 10.0. The molecule has 5 N–H and O–H groups in total. The average molecular weight is 488 g/mol. The van der Waals surface area contributed by atoms with Crippen molar-refractivity contribution in [3.05, 3.63) is 30.0 Å². The van der Waals surface area contributed by atoms with Crippen molar-refractivity contribution in [1.29, 1.82) is 0 Å². The van der Waals surface area contributed by atoms with Gasteiger partial charge in [0.25, 0.3) is 5.91 Å². The molecule has 0 unspecified atom stereocenters. The van der Waals surface area contributed by atoms with E-state index in [9.17, 15) is 9.59 Å². The maximum absolute atomic E-state index is 12.3. The van der Waals surface area contributed by atoms with Gasteiger partial charge < -0.3 is 35.9 Å². The zero-order valence-corrected chi connectivity index (χ0v) is 20.6. The van der Waals surface area contributed by atoms with Crippen LogP contribution in [0.4, 0.5) is 22.1 Å². The van der Waals surface area contributed by atoms with Crippen LogP contribution < -0.4 is 26.4 Å². The molecule has 35 heavy (non-hydrogen) atoms. The van der Waals surface area contributed by atoms with Crippen LogP contribution in [0.5, 0.6) is 5.88 Å². The van der Waals surface area contributed by atoms with Gasteiger partial charge in [-0.05, 0) is 47.1 Å². The van der Waals surface area contributed by atoms with E-state index in [0.29, 0.717) is 42.8 Å². The first-order chi connectivity index (χ1) is 16.5. The zero-order chi connectivity index (χ0) is 25.6. The molecular weight excluding hydrogens is 454 g/mol. The van der Waals surface area contributed by atoms with Crippen LogP contribution in [0.25, 0.3) is 0 Å². The van der Waals surface area contributed by atoms with E-state index in [4.69, 9.17) is 19.9 Å². The molecule has 1 fully saturated rings. The fraction of sp³-hybridized carbons (Fsp3) is 0.522. The van der Waals surface area contributed by atoms with Gasteiger partial charge in [0.05, 0.1) is 30.5 Å². The smallest absolute Gasteiger partial charge is 0.408 e. The number of nitrogens with one attached hydrogen (secondary N) is 3. The molecule has 1 aliphatic rings. The number of anilines is 3. The number of nitrogens with zero attached hydrogens (tertiary/aromatic N) is 3. The third kappa shape index (κ3) is 7.95. The Balaban J connectivity index is 1.78. The topological polar surface area (TPSA) is 163 Å². The molecule has 190 valence electrons. The lowest BCUT2D eigenvalue weighted by Crippen LogP contribution is -2.53. The summed E-state index contributed by atoms with van der Waals surface area (Å²) in [6, 6.07) is 6.29. The van der Waals surface area contributed by atoms with E-state index < -0.39 is 17.6 Å². The minimum Gasteiger partial charge on any atom is -0.475 e. The highest BCUT2D eigenvalue weighted by molar-refractivity contribution is 5.97. The summed E-state index contributed by atoms with van der Waals surface area (Å²) < 4.78 is 16.5. The molecule has 2 amide bonds. The van der Waals surface area contributed by atoms with Crippen molar-refractivity contribution >= 4 is 29.3 Å². The van der Waals surface area contributed by atoms with Crippen LogP contribution in [0.2, 0.25) is 0 Å². The fourth-order valence-electron chi connectivity index (χ4n) is 3.37. The van der Waals surface area contributed by atoms with Gasteiger partial charge in [0.15, 0.2) is 11.5 Å². The Kier molecular flexibility index (Phi) is 8.28. The molecule has 1 saturated heterocycles. The molecule has 0 aromatic carbocycles. The van der Waals surface area contributed by atoms with Gasteiger partial charge in [-0.3, -0.25) is 4.79 Å². The Morgan fingerprint density at radius 1 is 1.17 bits per heavy atom. The minimum atomic E-state index is -0.739. The highest BCUT2D eigenvalue weighted by atomic mass is 16.6. The third-order valence-corrected chi connectivity index (χ3v) is 4.76. The first kappa shape index (κ1) is 25.9. The molecule has 3 heterocycles. The first-order valence-corrected chi connectivity index (χ1v) is 11.4. The summed E-state index contributed by atoms with van der Waals surface area (Å²) in [7, 11) is 0. The van der Waals surface area contributed by atoms with Crippen LogP contribution in [0.3, 0.4) is 0 Å². The maximum atomic E-state index is 12.3. The number of hydrogen-bond acceptors (Lipinski definition) is 10. The van der Waals surface area contributed by atoms with Crippen molar-refractivity contribution in [2.45, 2.75) is 64.8 Å². The van der Waals surface area contributed by atoms with E-state index in [1.165, 1.54) is 0 Å². The second-order valence-corrected chi connectivity index (χ2v) is 9.38. The molecule has 2 atom stereocenters. The van der Waals surface area contributed by atoms with Gasteiger partial charge in [-0.15, -0.1) is 10.2 Å². The van der Waals surface area contributed by atoms with Gasteiger partial charge in [-0.25, -0.2) is 4.79 Å². The Labute approximate surface area is 204 Å². The van der Waals surface area contributed by atoms with Crippen LogP contribution in [0.1, 0.15) is 51.5 Å². The van der Waals surface area contributed by atoms with E-state index in [0.717, 1.165) is 0 Å². The van der Waals surface area contributed by atoms with E-state index in [1.807, 2.05) is 13.8 Å². The Hall–Kier alpha value is -3.67. The Bertz CT molecular complexity index is 1040. The molecule has 2 aromatic heterocycles. The van der Waals surface area contributed by atoms with Crippen molar-refractivity contribution < 1.29 is 23.8 Å². The average Bonchev–Trinajstić information content (AvgIpc) is 2.73. The molecule has 0 spiro atoms. The number of pyridine rings is 1. The summed E-state index contributed by atoms with van der Waals surface area (Å²) in [6.45, 7) is 10.0. The largest absolute Gasteiger partial charge is 0.475 e. The van der Waals surface area contributed by atoms with E-state index in [-0.39, 0.29) is 23.9 Å². The predicted octanol–water partition coefficient (Wildman–Crippen LogP) is 2.60. The van der Waals surface area contributed by atoms with Crippen LogP contribution in [-0.2, 0) is 9.47 Å². The summed E-state index contributed by atoms with van der Waals surface area (Å²) in [5.41, 5.74) is 5.17. The molecule has 12 heteroatoms. The monoisotopic (exact) mass is 487 g/mol. The number of hydrogen-bond donors (Lipinski definition) is 4. The van der Waals surface area contributed by atoms with Crippen LogP contribution in [-0.4, -0.2) is 64.2 Å². The molecule has 1 aliphatic heterocycles. The standard InChI is InChI=1S/C23H33N7O5/c1-13(2)34-19-8-6-7-17(28-19)26-15-11-18(29-30-20(15)21(24)31)25-14-9-10-33-12-16(14)27-22(32)35-23(3,4)5/h6-8,11,13-14,16H,9-10,12H2,1-5H3,(H2,24,31)(H,27,32)(H2,25,26,28,29)/t14-,16+/m1/s1. The van der Waals surface area contributed by atoms with Crippen molar-refractivity contribution in [2.75, 3.05) is 23.8 Å². The second-order valence-electron chi connectivity index (χ2n) is 9.38. The Morgan fingerprint density at radius 3 is 2.63 bits per heavy atom. The molecule has 2 aromatic rings. The number of amides is 2. The number of alkyl carbamates (subject to hydrolysis) is 1. The van der Waals surface area contributed by atoms with Crippen molar-refractivity contribution in [3.63, 3.8) is 0 Å². The number of carbonyl (C=O) groups is 2. The molecule has 0 bridgehead atoms. The fourth-order valence-corrected chi connectivity index (χ4v) is 3.37. The quantitative estimate of drug-likeness (QED) is 0.435.